The van der Waals surface area contributed by atoms with Gasteiger partial charge in [-0.15, -0.1) is 0 Å². The number of aryl methyl sites for hydroxylation is 1. The summed E-state index contributed by atoms with van der Waals surface area (Å²) in [5.41, 5.74) is 1.19. The van der Waals surface area contributed by atoms with Gasteiger partial charge in [0.2, 0.25) is 11.8 Å². The lowest BCUT2D eigenvalue weighted by Crippen LogP contribution is -2.43. The molecule has 212 valence electrons. The van der Waals surface area contributed by atoms with E-state index in [1.807, 2.05) is 19.1 Å². The Morgan fingerprint density at radius 3 is 2.61 bits per heavy atom. The van der Waals surface area contributed by atoms with Crippen molar-refractivity contribution in [1.29, 1.82) is 5.26 Å². The number of benzene rings is 1. The summed E-state index contributed by atoms with van der Waals surface area (Å²) < 4.78 is 37.7. The molecule has 1 aromatic carbocycles. The molecule has 0 radical (unpaired) electrons. The number of anilines is 1. The summed E-state index contributed by atoms with van der Waals surface area (Å²) in [6.07, 6.45) is 6.20. The van der Waals surface area contributed by atoms with E-state index in [1.165, 1.54) is 10.6 Å². The third-order valence-corrected chi connectivity index (χ3v) is 7.30. The Bertz CT molecular complexity index is 1630. The van der Waals surface area contributed by atoms with Crippen LogP contribution >= 0.6 is 0 Å². The van der Waals surface area contributed by atoms with Crippen molar-refractivity contribution in [3.05, 3.63) is 65.0 Å². The lowest BCUT2D eigenvalue weighted by molar-refractivity contribution is 0.0889. The zero-order chi connectivity index (χ0) is 29.3. The first-order valence-electron chi connectivity index (χ1n) is 13.2. The lowest BCUT2D eigenvalue weighted by atomic mass is 10.2. The van der Waals surface area contributed by atoms with Crippen LogP contribution in [0.2, 0.25) is 0 Å². The second kappa shape index (κ2) is 11.5. The first-order valence-corrected chi connectivity index (χ1v) is 13.2. The summed E-state index contributed by atoms with van der Waals surface area (Å²) in [5, 5.41) is 12.7. The van der Waals surface area contributed by atoms with Gasteiger partial charge in [-0.2, -0.15) is 5.26 Å². The quantitative estimate of drug-likeness (QED) is 0.308. The molecule has 5 rings (SSSR count). The monoisotopic (exact) mass is 560 g/mol. The summed E-state index contributed by atoms with van der Waals surface area (Å²) in [6, 6.07) is 4.22. The Morgan fingerprint density at radius 2 is 1.95 bits per heavy atom. The van der Waals surface area contributed by atoms with Crippen LogP contribution in [0.25, 0.3) is 10.9 Å². The molecule has 0 spiro atoms. The summed E-state index contributed by atoms with van der Waals surface area (Å²) in [4.78, 5) is 29.3. The van der Waals surface area contributed by atoms with Crippen LogP contribution in [0.4, 0.5) is 14.6 Å². The standard InChI is InChI=1S/C29H30F2N8O2/c1-17(38-11-9-37(4)10-12-38)5-8-24(33-3)36-27-21(15-32)28(35-16-34-27)41-23-14-22(30)26-20(25(23)31)13-18(2)39(26)29(40)19-6-7-19/h5,8,13-14,16,19H,3,6-7,9-12H2,1-2,4H3,(H,34,35,36)/b17-5+,24-8+. The number of carbonyl (C=O) groups excluding carboxylic acids is 1. The third-order valence-electron chi connectivity index (χ3n) is 7.30. The Morgan fingerprint density at radius 1 is 1.22 bits per heavy atom. The fourth-order valence-electron chi connectivity index (χ4n) is 4.76. The molecule has 0 unspecified atom stereocenters. The van der Waals surface area contributed by atoms with E-state index < -0.39 is 17.4 Å². The van der Waals surface area contributed by atoms with E-state index in [0.29, 0.717) is 11.5 Å². The minimum absolute atomic E-state index is 0.0563. The molecule has 2 aromatic heterocycles. The van der Waals surface area contributed by atoms with Gasteiger partial charge in [-0.1, -0.05) is 0 Å². The van der Waals surface area contributed by atoms with E-state index in [-0.39, 0.29) is 40.0 Å². The molecule has 2 aliphatic rings. The number of halogens is 2. The Balaban J connectivity index is 1.42. The highest BCUT2D eigenvalue weighted by molar-refractivity contribution is 5.96. The largest absolute Gasteiger partial charge is 0.434 e. The zero-order valence-corrected chi connectivity index (χ0v) is 23.1. The second-order valence-corrected chi connectivity index (χ2v) is 10.2. The van der Waals surface area contributed by atoms with Gasteiger partial charge in [0, 0.05) is 54.9 Å². The second-order valence-electron chi connectivity index (χ2n) is 10.2. The van der Waals surface area contributed by atoms with Gasteiger partial charge < -0.3 is 19.9 Å². The molecule has 1 saturated carbocycles. The molecule has 10 nitrogen and oxygen atoms in total. The van der Waals surface area contributed by atoms with Gasteiger partial charge in [-0.3, -0.25) is 9.36 Å². The van der Waals surface area contributed by atoms with Gasteiger partial charge in [-0.25, -0.2) is 23.7 Å². The smallest absolute Gasteiger partial charge is 0.242 e. The Kier molecular flexibility index (Phi) is 7.81. The Hall–Kier alpha value is -4.63. The number of aromatic nitrogens is 3. The number of hydrogen-bond donors (Lipinski definition) is 1. The van der Waals surface area contributed by atoms with Gasteiger partial charge in [0.1, 0.15) is 18.2 Å². The average molecular weight is 561 g/mol. The molecule has 0 bridgehead atoms. The first-order chi connectivity index (χ1) is 19.7. The molecule has 3 heterocycles. The van der Waals surface area contributed by atoms with Gasteiger partial charge in [0.25, 0.3) is 0 Å². The van der Waals surface area contributed by atoms with Crippen LogP contribution in [0.15, 0.2) is 47.1 Å². The maximum Gasteiger partial charge on any atom is 0.242 e. The maximum atomic E-state index is 15.6. The number of nitriles is 1. The minimum atomic E-state index is -0.873. The van der Waals surface area contributed by atoms with Gasteiger partial charge in [0.15, 0.2) is 28.8 Å². The molecule has 2 fully saturated rings. The van der Waals surface area contributed by atoms with Crippen LogP contribution in [0.3, 0.4) is 0 Å². The van der Waals surface area contributed by atoms with E-state index in [0.717, 1.165) is 57.1 Å². The van der Waals surface area contributed by atoms with Gasteiger partial charge in [-0.05, 0) is 58.7 Å². The molecule has 3 aromatic rings. The van der Waals surface area contributed by atoms with Crippen LogP contribution in [-0.2, 0) is 0 Å². The number of carbonyl (C=O) groups is 1. The lowest BCUT2D eigenvalue weighted by Gasteiger charge is -2.34. The molecule has 12 heteroatoms. The number of nitrogens with one attached hydrogen (secondary N) is 1. The summed E-state index contributed by atoms with van der Waals surface area (Å²) in [6.45, 7) is 11.0. The van der Waals surface area contributed by atoms with Crippen LogP contribution in [0.1, 0.15) is 35.8 Å². The van der Waals surface area contributed by atoms with Crippen LogP contribution in [-0.4, -0.2) is 70.2 Å². The Labute approximate surface area is 236 Å². The van der Waals surface area contributed by atoms with Crippen molar-refractivity contribution < 1.29 is 18.3 Å². The molecular formula is C29H30F2N8O2. The third kappa shape index (κ3) is 5.67. The molecule has 41 heavy (non-hydrogen) atoms. The fraction of sp³-hybridized carbons (Fsp3) is 0.345. The molecular weight excluding hydrogens is 530 g/mol. The maximum absolute atomic E-state index is 15.6. The number of rotatable bonds is 8. The molecule has 0 amide bonds. The van der Waals surface area contributed by atoms with E-state index in [9.17, 15) is 10.1 Å². The molecule has 1 saturated heterocycles. The average Bonchev–Trinajstić information content (AvgIpc) is 3.75. The van der Waals surface area contributed by atoms with Crippen molar-refractivity contribution in [2.24, 2.45) is 10.9 Å². The topological polar surface area (TPSA) is 112 Å². The normalized spacial score (nSPS) is 16.5. The van der Waals surface area contributed by atoms with E-state index in [2.05, 4.69) is 43.8 Å². The predicted octanol–water partition coefficient (Wildman–Crippen LogP) is 4.84. The van der Waals surface area contributed by atoms with Crippen molar-refractivity contribution in [1.82, 2.24) is 24.3 Å². The predicted molar refractivity (Wildman–Crippen MR) is 151 cm³/mol. The number of piperazine rings is 1. The number of allylic oxidation sites excluding steroid dienone is 3. The summed E-state index contributed by atoms with van der Waals surface area (Å²) >= 11 is 0. The number of likely N-dealkylation sites (N-methyl/N-ethyl adjacent to an activating group) is 1. The fourth-order valence-corrected chi connectivity index (χ4v) is 4.76. The number of fused-ring (bicyclic) bond motifs is 1. The van der Waals surface area contributed by atoms with Crippen LogP contribution in [0, 0.1) is 35.8 Å². The highest BCUT2D eigenvalue weighted by atomic mass is 19.1. The zero-order valence-electron chi connectivity index (χ0n) is 23.1. The molecule has 1 aliphatic carbocycles. The molecule has 1 aliphatic heterocycles. The summed E-state index contributed by atoms with van der Waals surface area (Å²) in [7, 11) is 2.09. The van der Waals surface area contributed by atoms with Gasteiger partial charge in [0.05, 0.1) is 5.52 Å². The van der Waals surface area contributed by atoms with Crippen molar-refractivity contribution in [2.75, 3.05) is 38.5 Å². The van der Waals surface area contributed by atoms with E-state index in [1.54, 1.807) is 13.0 Å². The number of aliphatic imine (C=N–C) groups is 1. The van der Waals surface area contributed by atoms with Crippen molar-refractivity contribution >= 4 is 29.3 Å². The van der Waals surface area contributed by atoms with Gasteiger partial charge >= 0.3 is 0 Å². The van der Waals surface area contributed by atoms with Crippen molar-refractivity contribution in [2.45, 2.75) is 26.7 Å². The number of hydrogen-bond acceptors (Lipinski definition) is 9. The minimum Gasteiger partial charge on any atom is -0.434 e. The highest BCUT2D eigenvalue weighted by Gasteiger charge is 2.33. The molecule has 0 atom stereocenters. The van der Waals surface area contributed by atoms with E-state index in [4.69, 9.17) is 4.74 Å². The summed E-state index contributed by atoms with van der Waals surface area (Å²) in [5.74, 6) is -2.51. The highest BCUT2D eigenvalue weighted by Crippen LogP contribution is 2.38. The van der Waals surface area contributed by atoms with Crippen LogP contribution in [0.5, 0.6) is 11.6 Å². The molecule has 1 N–H and O–H groups in total. The number of ether oxygens (including phenoxy) is 1. The van der Waals surface area contributed by atoms with Crippen molar-refractivity contribution in [3.8, 4) is 17.7 Å². The number of nitrogens with zero attached hydrogens (tertiary/aromatic N) is 7. The SMILES string of the molecule is C=N/C(=C\C=C(/C)N1CCN(C)CC1)Nc1ncnc(Oc2cc(F)c3c(cc(C)n3C(=O)C3CC3)c2F)c1C#N. The first kappa shape index (κ1) is 27.9. The van der Waals surface area contributed by atoms with E-state index >= 15 is 8.78 Å². The van der Waals surface area contributed by atoms with Crippen molar-refractivity contribution in [3.63, 3.8) is 0 Å². The van der Waals surface area contributed by atoms with Crippen LogP contribution < -0.4 is 10.1 Å².